The van der Waals surface area contributed by atoms with Crippen molar-refractivity contribution in [2.24, 2.45) is 0 Å². The fourth-order valence-electron chi connectivity index (χ4n) is 1.30. The number of H-pyrrole nitrogens is 1. The number of aromatic amines is 1. The van der Waals surface area contributed by atoms with E-state index in [1.165, 1.54) is 0 Å². The SMILES string of the molecule is N#CCc1cc(I)cc2[nH]cnc12. The molecule has 0 spiro atoms. The van der Waals surface area contributed by atoms with E-state index in [-0.39, 0.29) is 0 Å². The zero-order valence-electron chi connectivity index (χ0n) is 6.71. The standard InChI is InChI=1S/C9H6IN3/c10-7-3-6(1-2-11)9-8(4-7)12-5-13-9/h3-5H,1H2,(H,12,13). The van der Waals surface area contributed by atoms with Crippen LogP contribution in [0.15, 0.2) is 18.5 Å². The van der Waals surface area contributed by atoms with Crippen LogP contribution in [0.4, 0.5) is 0 Å². The molecule has 1 N–H and O–H groups in total. The average Bonchev–Trinajstić information content (AvgIpc) is 2.52. The van der Waals surface area contributed by atoms with Crippen molar-refractivity contribution in [1.29, 1.82) is 5.26 Å². The van der Waals surface area contributed by atoms with Gasteiger partial charge in [-0.2, -0.15) is 5.26 Å². The zero-order chi connectivity index (χ0) is 9.26. The predicted octanol–water partition coefficient (Wildman–Crippen LogP) is 2.23. The summed E-state index contributed by atoms with van der Waals surface area (Å²) in [5.41, 5.74) is 2.89. The van der Waals surface area contributed by atoms with Crippen LogP contribution in [-0.2, 0) is 6.42 Å². The lowest BCUT2D eigenvalue weighted by atomic mass is 10.1. The Balaban J connectivity index is 2.71. The second-order valence-electron chi connectivity index (χ2n) is 2.70. The quantitative estimate of drug-likeness (QED) is 0.816. The molecule has 0 amide bonds. The Labute approximate surface area is 88.9 Å². The first kappa shape index (κ1) is 8.51. The summed E-state index contributed by atoms with van der Waals surface area (Å²) in [7, 11) is 0. The molecule has 0 atom stereocenters. The van der Waals surface area contributed by atoms with E-state index in [1.54, 1.807) is 6.33 Å². The minimum absolute atomic E-state index is 0.415. The first-order chi connectivity index (χ1) is 6.31. The van der Waals surface area contributed by atoms with E-state index >= 15 is 0 Å². The molecule has 0 unspecified atom stereocenters. The first-order valence-corrected chi connectivity index (χ1v) is 4.87. The van der Waals surface area contributed by atoms with Gasteiger partial charge in [0.25, 0.3) is 0 Å². The van der Waals surface area contributed by atoms with Gasteiger partial charge in [0.2, 0.25) is 0 Å². The third-order valence-electron chi connectivity index (χ3n) is 1.84. The molecule has 64 valence electrons. The molecule has 4 heteroatoms. The van der Waals surface area contributed by atoms with Crippen LogP contribution in [0.25, 0.3) is 11.0 Å². The Morgan fingerprint density at radius 2 is 2.38 bits per heavy atom. The van der Waals surface area contributed by atoms with Crippen molar-refractivity contribution < 1.29 is 0 Å². The lowest BCUT2D eigenvalue weighted by Gasteiger charge is -1.97. The number of fused-ring (bicyclic) bond motifs is 1. The highest BCUT2D eigenvalue weighted by Gasteiger charge is 2.04. The van der Waals surface area contributed by atoms with Gasteiger partial charge in [-0.05, 0) is 40.3 Å². The topological polar surface area (TPSA) is 52.5 Å². The van der Waals surface area contributed by atoms with Crippen molar-refractivity contribution >= 4 is 33.6 Å². The maximum Gasteiger partial charge on any atom is 0.0932 e. The number of nitrogens with one attached hydrogen (secondary N) is 1. The Morgan fingerprint density at radius 3 is 3.15 bits per heavy atom. The molecule has 0 radical (unpaired) electrons. The largest absolute Gasteiger partial charge is 0.345 e. The van der Waals surface area contributed by atoms with Crippen LogP contribution < -0.4 is 0 Å². The normalized spacial score (nSPS) is 10.2. The number of hydrogen-bond acceptors (Lipinski definition) is 2. The molecule has 2 rings (SSSR count). The van der Waals surface area contributed by atoms with Crippen LogP contribution in [0.2, 0.25) is 0 Å². The monoisotopic (exact) mass is 283 g/mol. The van der Waals surface area contributed by atoms with Crippen LogP contribution in [0.5, 0.6) is 0 Å². The molecule has 1 heterocycles. The van der Waals surface area contributed by atoms with Crippen molar-refractivity contribution in [3.8, 4) is 6.07 Å². The number of imidazole rings is 1. The first-order valence-electron chi connectivity index (χ1n) is 3.79. The van der Waals surface area contributed by atoms with Crippen molar-refractivity contribution in [2.75, 3.05) is 0 Å². The minimum atomic E-state index is 0.415. The van der Waals surface area contributed by atoms with Crippen molar-refractivity contribution in [2.45, 2.75) is 6.42 Å². The van der Waals surface area contributed by atoms with E-state index in [0.29, 0.717) is 6.42 Å². The number of nitrogens with zero attached hydrogens (tertiary/aromatic N) is 2. The summed E-state index contributed by atoms with van der Waals surface area (Å²) in [4.78, 5) is 7.20. The van der Waals surface area contributed by atoms with E-state index < -0.39 is 0 Å². The molecule has 0 fully saturated rings. The number of nitriles is 1. The summed E-state index contributed by atoms with van der Waals surface area (Å²) in [6.45, 7) is 0. The fraction of sp³-hybridized carbons (Fsp3) is 0.111. The number of halogens is 1. The van der Waals surface area contributed by atoms with E-state index in [2.05, 4.69) is 38.6 Å². The van der Waals surface area contributed by atoms with Crippen LogP contribution in [0, 0.1) is 14.9 Å². The molecule has 3 nitrogen and oxygen atoms in total. The predicted molar refractivity (Wildman–Crippen MR) is 58.1 cm³/mol. The average molecular weight is 283 g/mol. The van der Waals surface area contributed by atoms with Crippen molar-refractivity contribution in [1.82, 2.24) is 9.97 Å². The van der Waals surface area contributed by atoms with Gasteiger partial charge in [-0.1, -0.05) is 0 Å². The second-order valence-corrected chi connectivity index (χ2v) is 3.94. The van der Waals surface area contributed by atoms with Crippen LogP contribution in [-0.4, -0.2) is 9.97 Å². The summed E-state index contributed by atoms with van der Waals surface area (Å²) in [6, 6.07) is 6.15. The molecule has 0 saturated carbocycles. The highest BCUT2D eigenvalue weighted by Crippen LogP contribution is 2.19. The maximum atomic E-state index is 8.62. The van der Waals surface area contributed by atoms with Gasteiger partial charge >= 0.3 is 0 Å². The summed E-state index contributed by atoms with van der Waals surface area (Å²) in [5.74, 6) is 0. The molecule has 0 aliphatic heterocycles. The molecule has 0 bridgehead atoms. The molecule has 1 aromatic heterocycles. The van der Waals surface area contributed by atoms with Crippen LogP contribution in [0.3, 0.4) is 0 Å². The Hall–Kier alpha value is -1.09. The van der Waals surface area contributed by atoms with Gasteiger partial charge in [0.05, 0.1) is 29.9 Å². The highest BCUT2D eigenvalue weighted by atomic mass is 127. The van der Waals surface area contributed by atoms with Crippen LogP contribution >= 0.6 is 22.6 Å². The molecule has 13 heavy (non-hydrogen) atoms. The lowest BCUT2D eigenvalue weighted by Crippen LogP contribution is -1.86. The van der Waals surface area contributed by atoms with E-state index in [4.69, 9.17) is 5.26 Å². The van der Waals surface area contributed by atoms with Gasteiger partial charge in [-0.25, -0.2) is 4.98 Å². The number of rotatable bonds is 1. The van der Waals surface area contributed by atoms with Gasteiger partial charge < -0.3 is 4.98 Å². The van der Waals surface area contributed by atoms with E-state index in [1.807, 2.05) is 12.1 Å². The fourth-order valence-corrected chi connectivity index (χ4v) is 1.99. The Morgan fingerprint density at radius 1 is 1.54 bits per heavy atom. The Bertz CT molecular complexity index is 481. The molecule has 1 aromatic carbocycles. The third kappa shape index (κ3) is 1.52. The third-order valence-corrected chi connectivity index (χ3v) is 2.46. The maximum absolute atomic E-state index is 8.62. The molecular formula is C9H6IN3. The Kier molecular flexibility index (Phi) is 2.19. The molecule has 0 aliphatic carbocycles. The number of hydrogen-bond donors (Lipinski definition) is 1. The smallest absolute Gasteiger partial charge is 0.0932 e. The van der Waals surface area contributed by atoms with Crippen molar-refractivity contribution in [3.63, 3.8) is 0 Å². The molecule has 0 saturated heterocycles. The number of benzene rings is 1. The summed E-state index contributed by atoms with van der Waals surface area (Å²) < 4.78 is 1.12. The van der Waals surface area contributed by atoms with Gasteiger partial charge in [0, 0.05) is 3.57 Å². The van der Waals surface area contributed by atoms with Crippen LogP contribution in [0.1, 0.15) is 5.56 Å². The van der Waals surface area contributed by atoms with Gasteiger partial charge in [-0.3, -0.25) is 0 Å². The van der Waals surface area contributed by atoms with E-state index in [0.717, 1.165) is 20.2 Å². The summed E-state index contributed by atoms with van der Waals surface area (Å²) >= 11 is 2.23. The molecule has 2 aromatic rings. The summed E-state index contributed by atoms with van der Waals surface area (Å²) in [5, 5.41) is 8.62. The van der Waals surface area contributed by atoms with Crippen molar-refractivity contribution in [3.05, 3.63) is 27.6 Å². The molecular weight excluding hydrogens is 277 g/mol. The highest BCUT2D eigenvalue weighted by molar-refractivity contribution is 14.1. The minimum Gasteiger partial charge on any atom is -0.345 e. The second kappa shape index (κ2) is 3.34. The van der Waals surface area contributed by atoms with Gasteiger partial charge in [0.15, 0.2) is 0 Å². The lowest BCUT2D eigenvalue weighted by molar-refractivity contribution is 1.26. The van der Waals surface area contributed by atoms with Gasteiger partial charge in [-0.15, -0.1) is 0 Å². The number of aromatic nitrogens is 2. The zero-order valence-corrected chi connectivity index (χ0v) is 8.87. The van der Waals surface area contributed by atoms with E-state index in [9.17, 15) is 0 Å². The summed E-state index contributed by atoms with van der Waals surface area (Å²) in [6.07, 6.45) is 2.07. The van der Waals surface area contributed by atoms with Gasteiger partial charge in [0.1, 0.15) is 0 Å². The molecule has 0 aliphatic rings.